The summed E-state index contributed by atoms with van der Waals surface area (Å²) in [6, 6.07) is 11.7. The minimum atomic E-state index is -0.581. The molecule has 27 heavy (non-hydrogen) atoms. The highest BCUT2D eigenvalue weighted by molar-refractivity contribution is 6.32. The van der Waals surface area contributed by atoms with Gasteiger partial charge in [-0.25, -0.2) is 0 Å². The fourth-order valence-electron chi connectivity index (χ4n) is 2.27. The van der Waals surface area contributed by atoms with Gasteiger partial charge in [-0.3, -0.25) is 4.79 Å². The third-order valence-electron chi connectivity index (χ3n) is 3.41. The predicted molar refractivity (Wildman–Crippen MR) is 104 cm³/mol. The van der Waals surface area contributed by atoms with Crippen molar-refractivity contribution in [2.75, 3.05) is 12.4 Å². The number of rotatable bonds is 6. The number of carbonyl (C=O) groups is 1. The Balaban J connectivity index is 2.25. The van der Waals surface area contributed by atoms with E-state index < -0.39 is 5.91 Å². The summed E-state index contributed by atoms with van der Waals surface area (Å²) >= 11 is 5.94. The van der Waals surface area contributed by atoms with Gasteiger partial charge in [-0.15, -0.1) is 0 Å². The first-order chi connectivity index (χ1) is 12.8. The van der Waals surface area contributed by atoms with Crippen LogP contribution in [0.3, 0.4) is 0 Å². The maximum absolute atomic E-state index is 12.4. The zero-order chi connectivity index (χ0) is 20.0. The number of benzene rings is 2. The highest BCUT2D eigenvalue weighted by atomic mass is 35.5. The minimum absolute atomic E-state index is 0.000239. The molecule has 2 aromatic rings. The number of anilines is 1. The Kier molecular flexibility index (Phi) is 6.69. The topological polar surface area (TPSA) is 91.6 Å². The number of phenols is 1. The first-order valence-electron chi connectivity index (χ1n) is 8.10. The lowest BCUT2D eigenvalue weighted by Gasteiger charge is -2.11. The number of ether oxygens (including phenoxy) is 2. The van der Waals surface area contributed by atoms with Crippen molar-refractivity contribution >= 4 is 29.3 Å². The fraction of sp³-hybridized carbons (Fsp3) is 0.200. The molecule has 0 bridgehead atoms. The van der Waals surface area contributed by atoms with E-state index in [9.17, 15) is 15.2 Å². The van der Waals surface area contributed by atoms with Gasteiger partial charge >= 0.3 is 0 Å². The van der Waals surface area contributed by atoms with Gasteiger partial charge in [-0.05, 0) is 49.8 Å². The molecule has 0 aliphatic heterocycles. The maximum Gasteiger partial charge on any atom is 0.266 e. The molecular weight excluding hydrogens is 368 g/mol. The molecular formula is C20H19ClN2O4. The summed E-state index contributed by atoms with van der Waals surface area (Å²) in [5, 5.41) is 21.8. The van der Waals surface area contributed by atoms with E-state index in [-0.39, 0.29) is 28.2 Å². The summed E-state index contributed by atoms with van der Waals surface area (Å²) in [5.41, 5.74) is 0.813. The predicted octanol–water partition coefficient (Wildman–Crippen LogP) is 4.39. The number of nitriles is 1. The first-order valence-corrected chi connectivity index (χ1v) is 8.48. The Morgan fingerprint density at radius 3 is 2.70 bits per heavy atom. The second-order valence-electron chi connectivity index (χ2n) is 5.87. The molecule has 0 aliphatic rings. The Morgan fingerprint density at radius 2 is 2.07 bits per heavy atom. The van der Waals surface area contributed by atoms with E-state index in [1.807, 2.05) is 19.9 Å². The van der Waals surface area contributed by atoms with Crippen molar-refractivity contribution < 1.29 is 19.4 Å². The average Bonchev–Trinajstić information content (AvgIpc) is 2.62. The lowest BCUT2D eigenvalue weighted by atomic mass is 10.1. The highest BCUT2D eigenvalue weighted by Crippen LogP contribution is 2.35. The number of amides is 1. The molecule has 7 heteroatoms. The molecule has 140 valence electrons. The average molecular weight is 387 g/mol. The van der Waals surface area contributed by atoms with Crippen LogP contribution in [0.2, 0.25) is 5.02 Å². The number of carbonyl (C=O) groups excluding carboxylic acids is 1. The fourth-order valence-corrected chi connectivity index (χ4v) is 2.48. The summed E-state index contributed by atoms with van der Waals surface area (Å²) in [7, 11) is 1.38. The number of nitrogens with one attached hydrogen (secondary N) is 1. The van der Waals surface area contributed by atoms with Gasteiger partial charge in [-0.1, -0.05) is 17.7 Å². The molecule has 0 saturated heterocycles. The third kappa shape index (κ3) is 5.40. The van der Waals surface area contributed by atoms with E-state index in [0.29, 0.717) is 17.0 Å². The smallest absolute Gasteiger partial charge is 0.266 e. The Bertz CT molecular complexity index is 917. The van der Waals surface area contributed by atoms with E-state index in [2.05, 4.69) is 5.32 Å². The van der Waals surface area contributed by atoms with Gasteiger partial charge in [0.15, 0.2) is 11.5 Å². The summed E-state index contributed by atoms with van der Waals surface area (Å²) in [6.45, 7) is 3.80. The molecule has 0 radical (unpaired) electrons. The molecule has 0 heterocycles. The number of halogens is 1. The van der Waals surface area contributed by atoms with Crippen molar-refractivity contribution in [1.82, 2.24) is 0 Å². The maximum atomic E-state index is 12.4. The number of methoxy groups -OCH3 is 1. The van der Waals surface area contributed by atoms with Crippen LogP contribution in [0.15, 0.2) is 42.0 Å². The van der Waals surface area contributed by atoms with E-state index in [0.717, 1.165) is 0 Å². The van der Waals surface area contributed by atoms with Crippen molar-refractivity contribution in [2.24, 2.45) is 0 Å². The van der Waals surface area contributed by atoms with E-state index >= 15 is 0 Å². The summed E-state index contributed by atoms with van der Waals surface area (Å²) in [6.07, 6.45) is 1.36. The molecule has 6 nitrogen and oxygen atoms in total. The van der Waals surface area contributed by atoms with E-state index in [4.69, 9.17) is 21.1 Å². The van der Waals surface area contributed by atoms with Crippen LogP contribution in [-0.2, 0) is 4.79 Å². The van der Waals surface area contributed by atoms with Crippen molar-refractivity contribution in [1.29, 1.82) is 5.26 Å². The SMILES string of the molecule is COc1cc(/C=C(/C#N)C(=O)Nc2cccc(OC(C)C)c2)cc(Cl)c1O. The van der Waals surface area contributed by atoms with E-state index in [1.54, 1.807) is 24.3 Å². The molecule has 0 atom stereocenters. The molecule has 0 fully saturated rings. The summed E-state index contributed by atoms with van der Waals surface area (Å²) < 4.78 is 10.6. The van der Waals surface area contributed by atoms with E-state index in [1.165, 1.54) is 25.3 Å². The van der Waals surface area contributed by atoms with Crippen LogP contribution in [0.4, 0.5) is 5.69 Å². The Hall–Kier alpha value is -3.17. The molecule has 0 unspecified atom stereocenters. The number of nitrogens with zero attached hydrogens (tertiary/aromatic N) is 1. The molecule has 1 amide bonds. The Morgan fingerprint density at radius 1 is 1.33 bits per heavy atom. The molecule has 2 aromatic carbocycles. The summed E-state index contributed by atoms with van der Waals surface area (Å²) in [4.78, 5) is 12.4. The number of phenolic OH excluding ortho intramolecular Hbond substituents is 1. The van der Waals surface area contributed by atoms with Gasteiger partial charge in [0.1, 0.15) is 17.4 Å². The molecule has 0 saturated carbocycles. The van der Waals surface area contributed by atoms with Crippen LogP contribution in [0, 0.1) is 11.3 Å². The van der Waals surface area contributed by atoms with Crippen LogP contribution < -0.4 is 14.8 Å². The first kappa shape index (κ1) is 20.1. The van der Waals surface area contributed by atoms with Crippen LogP contribution in [0.5, 0.6) is 17.2 Å². The van der Waals surface area contributed by atoms with Gasteiger partial charge in [-0.2, -0.15) is 5.26 Å². The van der Waals surface area contributed by atoms with Gasteiger partial charge < -0.3 is 19.9 Å². The minimum Gasteiger partial charge on any atom is -0.503 e. The van der Waals surface area contributed by atoms with Crippen LogP contribution in [0.25, 0.3) is 6.08 Å². The van der Waals surface area contributed by atoms with Crippen molar-refractivity contribution in [3.8, 4) is 23.3 Å². The van der Waals surface area contributed by atoms with Crippen LogP contribution in [0.1, 0.15) is 19.4 Å². The number of aromatic hydroxyl groups is 1. The van der Waals surface area contributed by atoms with Crippen molar-refractivity contribution in [3.05, 3.63) is 52.6 Å². The van der Waals surface area contributed by atoms with Gasteiger partial charge in [0, 0.05) is 11.8 Å². The Labute approximate surface area is 162 Å². The lowest BCUT2D eigenvalue weighted by Crippen LogP contribution is -2.13. The zero-order valence-corrected chi connectivity index (χ0v) is 15.9. The molecule has 0 aromatic heterocycles. The lowest BCUT2D eigenvalue weighted by molar-refractivity contribution is -0.112. The molecule has 0 spiro atoms. The largest absolute Gasteiger partial charge is 0.503 e. The van der Waals surface area contributed by atoms with Gasteiger partial charge in [0.05, 0.1) is 18.2 Å². The third-order valence-corrected chi connectivity index (χ3v) is 3.70. The second-order valence-corrected chi connectivity index (χ2v) is 6.28. The molecule has 2 N–H and O–H groups in total. The standard InChI is InChI=1S/C20H19ClN2O4/c1-12(2)27-16-6-4-5-15(10-16)23-20(25)14(11-22)7-13-8-17(21)19(24)18(9-13)26-3/h4-10,12,24H,1-3H3,(H,23,25)/b14-7-. The van der Waals surface area contributed by atoms with Crippen LogP contribution in [-0.4, -0.2) is 24.2 Å². The van der Waals surface area contributed by atoms with Gasteiger partial charge in [0.25, 0.3) is 5.91 Å². The number of hydrogen-bond donors (Lipinski definition) is 2. The zero-order valence-electron chi connectivity index (χ0n) is 15.1. The van der Waals surface area contributed by atoms with Crippen LogP contribution >= 0.6 is 11.6 Å². The summed E-state index contributed by atoms with van der Waals surface area (Å²) in [5.74, 6) is -0.0334. The highest BCUT2D eigenvalue weighted by Gasteiger charge is 2.13. The number of hydrogen-bond acceptors (Lipinski definition) is 5. The van der Waals surface area contributed by atoms with Crippen molar-refractivity contribution in [2.45, 2.75) is 20.0 Å². The normalized spacial score (nSPS) is 11.0. The second kappa shape index (κ2) is 8.97. The molecule has 0 aliphatic carbocycles. The molecule has 2 rings (SSSR count). The van der Waals surface area contributed by atoms with Crippen molar-refractivity contribution in [3.63, 3.8) is 0 Å². The quantitative estimate of drug-likeness (QED) is 0.567. The van der Waals surface area contributed by atoms with Gasteiger partial charge in [0.2, 0.25) is 0 Å². The monoisotopic (exact) mass is 386 g/mol.